The van der Waals surface area contributed by atoms with Gasteiger partial charge in [-0.1, -0.05) is 219 Å². The van der Waals surface area contributed by atoms with Crippen LogP contribution in [0.5, 0.6) is 0 Å². The predicted molar refractivity (Wildman–Crippen MR) is 206 cm³/mol. The summed E-state index contributed by atoms with van der Waals surface area (Å²) in [6, 6.07) is 0. The van der Waals surface area contributed by atoms with Gasteiger partial charge in [-0.15, -0.1) is 0 Å². The molecule has 0 saturated heterocycles. The maximum Gasteiger partial charge on any atom is -0.0318 e. The minimum absolute atomic E-state index is 0. The van der Waals surface area contributed by atoms with Crippen LogP contribution < -0.4 is 12.3 Å². The Labute approximate surface area is 281 Å². The molecule has 0 rings (SSSR count). The number of hydrogen-bond acceptors (Lipinski definition) is 2. The molecule has 0 spiro atoms. The van der Waals surface area contributed by atoms with Crippen LogP contribution >= 0.6 is 0 Å². The molecule has 0 atom stereocenters. The van der Waals surface area contributed by atoms with Crippen molar-refractivity contribution in [3.63, 3.8) is 0 Å². The molecule has 0 unspecified atom stereocenters. The van der Waals surface area contributed by atoms with E-state index >= 15 is 0 Å². The summed E-state index contributed by atoms with van der Waals surface area (Å²) < 4.78 is 0. The molecule has 2 heteroatoms. The Morgan fingerprint density at radius 2 is 0.341 bits per heavy atom. The molecular formula is C42H90N2. The monoisotopic (exact) mass is 623 g/mol. The van der Waals surface area contributed by atoms with E-state index in [1.807, 2.05) is 11.1 Å². The van der Waals surface area contributed by atoms with Crippen LogP contribution in [0.2, 0.25) is 0 Å². The van der Waals surface area contributed by atoms with Crippen molar-refractivity contribution in [1.29, 1.82) is 0 Å². The van der Waals surface area contributed by atoms with Crippen molar-refractivity contribution in [2.75, 3.05) is 0 Å². The first-order chi connectivity index (χ1) is 20.8. The summed E-state index contributed by atoms with van der Waals surface area (Å²) >= 11 is 0. The van der Waals surface area contributed by atoms with Gasteiger partial charge in [0.15, 0.2) is 0 Å². The molecule has 0 fully saturated rings. The molecule has 0 heterocycles. The highest BCUT2D eigenvalue weighted by molar-refractivity contribution is 5.15. The fourth-order valence-electron chi connectivity index (χ4n) is 6.85. The van der Waals surface area contributed by atoms with Gasteiger partial charge in [0.25, 0.3) is 0 Å². The average Bonchev–Trinajstić information content (AvgIpc) is 3.00. The van der Waals surface area contributed by atoms with Crippen LogP contribution in [0, 0.1) is 0 Å². The molecule has 6 N–H and O–H groups in total. The van der Waals surface area contributed by atoms with Crippen LogP contribution in [0.3, 0.4) is 0 Å². The largest absolute Gasteiger partial charge is 0.344 e. The molecule has 0 saturated carbocycles. The van der Waals surface area contributed by atoms with E-state index in [2.05, 4.69) is 27.7 Å². The number of allylic oxidation sites excluding steroid dienone is 2. The van der Waals surface area contributed by atoms with E-state index in [4.69, 9.17) is 0 Å². The van der Waals surface area contributed by atoms with Gasteiger partial charge in [-0.2, -0.15) is 0 Å². The Balaban J connectivity index is -0.00000840. The lowest BCUT2D eigenvalue weighted by atomic mass is 9.89. The Bertz CT molecular complexity index is 436. The van der Waals surface area contributed by atoms with Gasteiger partial charge in [0.05, 0.1) is 0 Å². The summed E-state index contributed by atoms with van der Waals surface area (Å²) in [6.45, 7) is 9.33. The Morgan fingerprint density at radius 1 is 0.205 bits per heavy atom. The molecule has 2 nitrogen and oxygen atoms in total. The molecule has 0 aromatic heterocycles. The zero-order chi connectivity index (χ0) is 30.6. The zero-order valence-corrected chi connectivity index (χ0v) is 31.9. The van der Waals surface area contributed by atoms with E-state index < -0.39 is 0 Å². The molecule has 0 aromatic rings. The summed E-state index contributed by atoms with van der Waals surface area (Å²) in [7, 11) is 0. The van der Waals surface area contributed by atoms with Crippen molar-refractivity contribution in [2.45, 2.75) is 259 Å². The van der Waals surface area contributed by atoms with Gasteiger partial charge in [0.2, 0.25) is 0 Å². The van der Waals surface area contributed by atoms with E-state index in [0.717, 1.165) is 0 Å². The quantitative estimate of drug-likeness (QED) is 0.0539. The van der Waals surface area contributed by atoms with Crippen molar-refractivity contribution in [3.05, 3.63) is 11.1 Å². The second-order valence-corrected chi connectivity index (χ2v) is 14.1. The van der Waals surface area contributed by atoms with Crippen molar-refractivity contribution in [1.82, 2.24) is 12.3 Å². The molecule has 0 aromatic carbocycles. The molecule has 0 aliphatic heterocycles. The molecule has 0 amide bonds. The fraction of sp³-hybridized carbons (Fsp3) is 0.952. The normalized spacial score (nSPS) is 10.9. The molecule has 0 radical (unpaired) electrons. The standard InChI is InChI=1S/C42H84.2H3N/c1-5-9-13-17-21-25-29-33-37-41(38-34-30-26-22-18-14-10-6-2)42(39-35-31-27-23-19-15-11-7-3)40-36-32-28-24-20-16-12-8-4;;/h5-40H2,1-4H3;2*1H3. The minimum Gasteiger partial charge on any atom is -0.344 e. The highest BCUT2D eigenvalue weighted by atomic mass is 14.2. The summed E-state index contributed by atoms with van der Waals surface area (Å²) in [5.41, 5.74) is 3.88. The summed E-state index contributed by atoms with van der Waals surface area (Å²) in [5, 5.41) is 0. The van der Waals surface area contributed by atoms with Crippen LogP contribution in [-0.4, -0.2) is 0 Å². The van der Waals surface area contributed by atoms with Gasteiger partial charge in [-0.05, 0) is 51.4 Å². The van der Waals surface area contributed by atoms with Gasteiger partial charge >= 0.3 is 0 Å². The molecule has 0 aliphatic carbocycles. The predicted octanol–water partition coefficient (Wildman–Crippen LogP) is 16.7. The van der Waals surface area contributed by atoms with Gasteiger partial charge < -0.3 is 12.3 Å². The van der Waals surface area contributed by atoms with Crippen LogP contribution in [0.4, 0.5) is 0 Å². The van der Waals surface area contributed by atoms with Gasteiger partial charge in [0, 0.05) is 0 Å². The molecule has 268 valence electrons. The molecule has 0 bridgehead atoms. The van der Waals surface area contributed by atoms with Crippen LogP contribution in [0.25, 0.3) is 0 Å². The van der Waals surface area contributed by atoms with E-state index in [-0.39, 0.29) is 12.3 Å². The van der Waals surface area contributed by atoms with Crippen LogP contribution in [-0.2, 0) is 0 Å². The lowest BCUT2D eigenvalue weighted by molar-refractivity contribution is 0.545. The lowest BCUT2D eigenvalue weighted by Gasteiger charge is -2.17. The third-order valence-corrected chi connectivity index (χ3v) is 9.83. The van der Waals surface area contributed by atoms with Crippen molar-refractivity contribution in [2.24, 2.45) is 0 Å². The van der Waals surface area contributed by atoms with Gasteiger partial charge in [-0.25, -0.2) is 0 Å². The second-order valence-electron chi connectivity index (χ2n) is 14.1. The highest BCUT2D eigenvalue weighted by Crippen LogP contribution is 2.29. The van der Waals surface area contributed by atoms with Gasteiger partial charge in [-0.3, -0.25) is 0 Å². The Morgan fingerprint density at radius 3 is 0.500 bits per heavy atom. The Kier molecular flexibility index (Phi) is 46.6. The van der Waals surface area contributed by atoms with Crippen molar-refractivity contribution >= 4 is 0 Å². The van der Waals surface area contributed by atoms with Crippen LogP contribution in [0.15, 0.2) is 11.1 Å². The van der Waals surface area contributed by atoms with Crippen molar-refractivity contribution in [3.8, 4) is 0 Å². The lowest BCUT2D eigenvalue weighted by Crippen LogP contribution is -1.97. The maximum absolute atomic E-state index is 2.33. The molecular weight excluding hydrogens is 532 g/mol. The molecule has 0 aliphatic rings. The second kappa shape index (κ2) is 42.7. The first kappa shape index (κ1) is 48.1. The smallest absolute Gasteiger partial charge is 0.0318 e. The van der Waals surface area contributed by atoms with Crippen molar-refractivity contribution < 1.29 is 0 Å². The topological polar surface area (TPSA) is 70.0 Å². The summed E-state index contributed by atoms with van der Waals surface area (Å²) in [4.78, 5) is 0. The highest BCUT2D eigenvalue weighted by Gasteiger charge is 2.09. The summed E-state index contributed by atoms with van der Waals surface area (Å²) in [6.07, 6.45) is 52.1. The van der Waals surface area contributed by atoms with E-state index in [1.165, 1.54) is 231 Å². The molecule has 44 heavy (non-hydrogen) atoms. The Hall–Kier alpha value is -0.340. The fourth-order valence-corrected chi connectivity index (χ4v) is 6.85. The first-order valence-electron chi connectivity index (χ1n) is 20.5. The van der Waals surface area contributed by atoms with E-state index in [0.29, 0.717) is 0 Å². The minimum atomic E-state index is 0. The average molecular weight is 623 g/mol. The number of hydrogen-bond donors (Lipinski definition) is 2. The maximum atomic E-state index is 2.33. The zero-order valence-electron chi connectivity index (χ0n) is 31.9. The number of unbranched alkanes of at least 4 members (excludes halogenated alkanes) is 28. The van der Waals surface area contributed by atoms with Gasteiger partial charge in [0.1, 0.15) is 0 Å². The third-order valence-electron chi connectivity index (χ3n) is 9.83. The van der Waals surface area contributed by atoms with E-state index in [1.54, 1.807) is 0 Å². The van der Waals surface area contributed by atoms with E-state index in [9.17, 15) is 0 Å². The van der Waals surface area contributed by atoms with Crippen LogP contribution in [0.1, 0.15) is 259 Å². The number of rotatable bonds is 36. The SMILES string of the molecule is CCCCCCCCCCC(CCCCCCCCCC)=C(CCCCCCCCCC)CCCCCCCCCC.N.N. The first-order valence-corrected chi connectivity index (χ1v) is 20.5. The summed E-state index contributed by atoms with van der Waals surface area (Å²) in [5.74, 6) is 0. The third kappa shape index (κ3) is 36.1.